The molecule has 0 aliphatic carbocycles. The zero-order valence-corrected chi connectivity index (χ0v) is 13.1. The fourth-order valence-electron chi connectivity index (χ4n) is 2.27. The molecule has 0 spiro atoms. The Labute approximate surface area is 133 Å². The van der Waals surface area contributed by atoms with Crippen LogP contribution in [0.4, 0.5) is 4.39 Å². The van der Waals surface area contributed by atoms with E-state index in [2.05, 4.69) is 25.9 Å². The fourth-order valence-corrected chi connectivity index (χ4v) is 2.27. The van der Waals surface area contributed by atoms with Crippen LogP contribution in [0.25, 0.3) is 5.69 Å². The van der Waals surface area contributed by atoms with Crippen molar-refractivity contribution in [2.45, 2.75) is 26.9 Å². The van der Waals surface area contributed by atoms with Crippen LogP contribution in [0.5, 0.6) is 0 Å². The first-order valence-corrected chi connectivity index (χ1v) is 7.37. The number of rotatable bonds is 6. The summed E-state index contributed by atoms with van der Waals surface area (Å²) in [4.78, 5) is 0. The largest absolute Gasteiger partial charge is 0.308 e. The SMILES string of the molecule is Cc1ccc(F)c(-n2nnnc2CNCCn2cc(C)cn2)c1. The van der Waals surface area contributed by atoms with E-state index >= 15 is 0 Å². The smallest absolute Gasteiger partial charge is 0.170 e. The van der Waals surface area contributed by atoms with Gasteiger partial charge in [0.25, 0.3) is 0 Å². The Hall–Kier alpha value is -2.61. The maximum atomic E-state index is 14.0. The van der Waals surface area contributed by atoms with Crippen LogP contribution in [-0.4, -0.2) is 36.5 Å². The average molecular weight is 315 g/mol. The fraction of sp³-hybridized carbons (Fsp3) is 0.333. The minimum atomic E-state index is -0.351. The third kappa shape index (κ3) is 3.59. The molecule has 2 heterocycles. The molecule has 3 aromatic rings. The van der Waals surface area contributed by atoms with Gasteiger partial charge in [0, 0.05) is 12.7 Å². The quantitative estimate of drug-likeness (QED) is 0.696. The Morgan fingerprint density at radius 3 is 2.87 bits per heavy atom. The molecule has 23 heavy (non-hydrogen) atoms. The molecule has 7 nitrogen and oxygen atoms in total. The predicted octanol–water partition coefficient (Wildman–Crippen LogP) is 1.40. The van der Waals surface area contributed by atoms with E-state index in [0.717, 1.165) is 17.7 Å². The van der Waals surface area contributed by atoms with E-state index in [-0.39, 0.29) is 5.82 Å². The van der Waals surface area contributed by atoms with Crippen LogP contribution < -0.4 is 5.32 Å². The van der Waals surface area contributed by atoms with E-state index in [4.69, 9.17) is 0 Å². The summed E-state index contributed by atoms with van der Waals surface area (Å²) in [5.41, 5.74) is 2.43. The monoisotopic (exact) mass is 315 g/mol. The molecule has 3 rings (SSSR count). The molecule has 0 unspecified atom stereocenters. The lowest BCUT2D eigenvalue weighted by atomic mass is 10.2. The van der Waals surface area contributed by atoms with Gasteiger partial charge < -0.3 is 5.32 Å². The van der Waals surface area contributed by atoms with E-state index in [9.17, 15) is 4.39 Å². The van der Waals surface area contributed by atoms with Crippen LogP contribution in [0.2, 0.25) is 0 Å². The molecule has 1 aromatic carbocycles. The normalized spacial score (nSPS) is 11.1. The Balaban J connectivity index is 1.63. The molecule has 0 radical (unpaired) electrons. The number of tetrazole rings is 1. The summed E-state index contributed by atoms with van der Waals surface area (Å²) < 4.78 is 17.3. The van der Waals surface area contributed by atoms with Crippen LogP contribution in [0, 0.1) is 19.7 Å². The maximum Gasteiger partial charge on any atom is 0.170 e. The first kappa shape index (κ1) is 15.3. The number of aryl methyl sites for hydroxylation is 2. The lowest BCUT2D eigenvalue weighted by Crippen LogP contribution is -2.22. The van der Waals surface area contributed by atoms with Crippen molar-refractivity contribution in [2.75, 3.05) is 6.54 Å². The molecule has 8 heteroatoms. The Bertz CT molecular complexity index is 793. The zero-order chi connectivity index (χ0) is 16.2. The lowest BCUT2D eigenvalue weighted by molar-refractivity contribution is 0.539. The summed E-state index contributed by atoms with van der Waals surface area (Å²) in [5, 5.41) is 19.0. The summed E-state index contributed by atoms with van der Waals surface area (Å²) in [5.74, 6) is 0.210. The summed E-state index contributed by atoms with van der Waals surface area (Å²) in [6.45, 7) is 5.80. The standard InChI is InChI=1S/C15H18FN7/c1-11-3-4-13(16)14(7-11)23-15(19-20-21-23)9-17-5-6-22-10-12(2)8-18-22/h3-4,7-8,10,17H,5-6,9H2,1-2H3. The molecule has 0 amide bonds. The first-order valence-electron chi connectivity index (χ1n) is 7.37. The first-order chi connectivity index (χ1) is 11.1. The van der Waals surface area contributed by atoms with Crippen molar-refractivity contribution in [1.82, 2.24) is 35.3 Å². The predicted molar refractivity (Wildman–Crippen MR) is 82.5 cm³/mol. The van der Waals surface area contributed by atoms with Gasteiger partial charge in [0.2, 0.25) is 0 Å². The molecule has 0 atom stereocenters. The molecule has 0 bridgehead atoms. The molecule has 0 saturated heterocycles. The summed E-state index contributed by atoms with van der Waals surface area (Å²) in [7, 11) is 0. The number of hydrogen-bond donors (Lipinski definition) is 1. The molecule has 0 saturated carbocycles. The third-order valence-electron chi connectivity index (χ3n) is 3.43. The average Bonchev–Trinajstić information content (AvgIpc) is 3.15. The minimum Gasteiger partial charge on any atom is -0.308 e. The lowest BCUT2D eigenvalue weighted by Gasteiger charge is -2.08. The van der Waals surface area contributed by atoms with Crippen LogP contribution in [0.1, 0.15) is 17.0 Å². The van der Waals surface area contributed by atoms with Crippen molar-refractivity contribution in [3.8, 4) is 5.69 Å². The molecular formula is C15H18FN7. The molecule has 2 aromatic heterocycles. The van der Waals surface area contributed by atoms with Gasteiger partial charge in [0.15, 0.2) is 5.82 Å². The second-order valence-electron chi connectivity index (χ2n) is 5.42. The highest BCUT2D eigenvalue weighted by Crippen LogP contribution is 2.15. The van der Waals surface area contributed by atoms with Gasteiger partial charge in [-0.15, -0.1) is 5.10 Å². The Morgan fingerprint density at radius 2 is 2.09 bits per heavy atom. The van der Waals surface area contributed by atoms with Crippen molar-refractivity contribution in [1.29, 1.82) is 0 Å². The molecule has 0 aliphatic heterocycles. The van der Waals surface area contributed by atoms with Gasteiger partial charge in [-0.05, 0) is 47.5 Å². The van der Waals surface area contributed by atoms with Gasteiger partial charge in [-0.3, -0.25) is 4.68 Å². The molecule has 1 N–H and O–H groups in total. The van der Waals surface area contributed by atoms with E-state index in [1.54, 1.807) is 12.1 Å². The van der Waals surface area contributed by atoms with Crippen LogP contribution >= 0.6 is 0 Å². The van der Waals surface area contributed by atoms with Gasteiger partial charge in [-0.1, -0.05) is 6.07 Å². The van der Waals surface area contributed by atoms with Crippen molar-refractivity contribution < 1.29 is 4.39 Å². The second-order valence-corrected chi connectivity index (χ2v) is 5.42. The Morgan fingerprint density at radius 1 is 1.22 bits per heavy atom. The number of aromatic nitrogens is 6. The number of halogens is 1. The van der Waals surface area contributed by atoms with Gasteiger partial charge in [0.05, 0.1) is 19.3 Å². The third-order valence-corrected chi connectivity index (χ3v) is 3.43. The Kier molecular flexibility index (Phi) is 4.42. The van der Waals surface area contributed by atoms with Crippen molar-refractivity contribution >= 4 is 0 Å². The highest BCUT2D eigenvalue weighted by Gasteiger charge is 2.12. The van der Waals surface area contributed by atoms with E-state index < -0.39 is 0 Å². The number of hydrogen-bond acceptors (Lipinski definition) is 5. The van der Waals surface area contributed by atoms with Crippen LogP contribution in [0.15, 0.2) is 30.6 Å². The van der Waals surface area contributed by atoms with E-state index in [1.807, 2.05) is 30.9 Å². The number of nitrogens with zero attached hydrogens (tertiary/aromatic N) is 6. The van der Waals surface area contributed by atoms with Crippen molar-refractivity contribution in [2.24, 2.45) is 0 Å². The number of nitrogens with one attached hydrogen (secondary N) is 1. The van der Waals surface area contributed by atoms with Gasteiger partial charge >= 0.3 is 0 Å². The minimum absolute atomic E-state index is 0.351. The highest BCUT2D eigenvalue weighted by molar-refractivity contribution is 5.36. The molecule has 0 fully saturated rings. The highest BCUT2D eigenvalue weighted by atomic mass is 19.1. The molecule has 0 aliphatic rings. The zero-order valence-electron chi connectivity index (χ0n) is 13.1. The number of benzene rings is 1. The van der Waals surface area contributed by atoms with Crippen molar-refractivity contribution in [3.63, 3.8) is 0 Å². The topological polar surface area (TPSA) is 73.5 Å². The summed E-state index contributed by atoms with van der Waals surface area (Å²) in [6, 6.07) is 4.86. The summed E-state index contributed by atoms with van der Waals surface area (Å²) in [6.07, 6.45) is 3.80. The van der Waals surface area contributed by atoms with Crippen LogP contribution in [-0.2, 0) is 13.1 Å². The van der Waals surface area contributed by atoms with Gasteiger partial charge in [-0.2, -0.15) is 9.78 Å². The molecule has 120 valence electrons. The van der Waals surface area contributed by atoms with E-state index in [0.29, 0.717) is 24.6 Å². The van der Waals surface area contributed by atoms with Gasteiger partial charge in [0.1, 0.15) is 11.5 Å². The second kappa shape index (κ2) is 6.66. The molecular weight excluding hydrogens is 297 g/mol. The van der Waals surface area contributed by atoms with Crippen molar-refractivity contribution in [3.05, 3.63) is 53.4 Å². The summed E-state index contributed by atoms with van der Waals surface area (Å²) >= 11 is 0. The van der Waals surface area contributed by atoms with Gasteiger partial charge in [-0.25, -0.2) is 4.39 Å². The van der Waals surface area contributed by atoms with Crippen LogP contribution in [0.3, 0.4) is 0 Å². The van der Waals surface area contributed by atoms with E-state index in [1.165, 1.54) is 10.7 Å². The maximum absolute atomic E-state index is 14.0.